The van der Waals surface area contributed by atoms with Crippen LogP contribution in [-0.4, -0.2) is 88.8 Å². The summed E-state index contributed by atoms with van der Waals surface area (Å²) in [6.45, 7) is 4.98. The number of amides is 6. The Labute approximate surface area is 242 Å². The number of nitrogens with zero attached hydrogens (tertiary/aromatic N) is 5. The van der Waals surface area contributed by atoms with Crippen molar-refractivity contribution in [3.8, 4) is 0 Å². The van der Waals surface area contributed by atoms with Gasteiger partial charge >= 0.3 is 12.1 Å². The van der Waals surface area contributed by atoms with Crippen LogP contribution in [0.2, 0.25) is 5.02 Å². The summed E-state index contributed by atoms with van der Waals surface area (Å²) < 4.78 is 0. The zero-order chi connectivity index (χ0) is 28.1. The van der Waals surface area contributed by atoms with Crippen LogP contribution in [0.1, 0.15) is 26.7 Å². The smallest absolute Gasteiger partial charge is 0.327 e. The monoisotopic (exact) mass is 579 g/mol. The minimum absolute atomic E-state index is 0.181. The van der Waals surface area contributed by atoms with Crippen molar-refractivity contribution in [2.75, 3.05) is 38.1 Å². The van der Waals surface area contributed by atoms with Crippen LogP contribution in [0.5, 0.6) is 0 Å². The Bertz CT molecular complexity index is 1500. The molecule has 5 aliphatic rings. The van der Waals surface area contributed by atoms with Gasteiger partial charge in [-0.05, 0) is 57.0 Å². The Morgan fingerprint density at radius 2 is 1.50 bits per heavy atom. The Balaban J connectivity index is 1.22. The van der Waals surface area contributed by atoms with Crippen molar-refractivity contribution in [2.24, 2.45) is 10.8 Å². The van der Waals surface area contributed by atoms with Crippen molar-refractivity contribution < 1.29 is 19.2 Å². The molecule has 0 spiro atoms. The van der Waals surface area contributed by atoms with Crippen LogP contribution >= 0.6 is 23.4 Å². The van der Waals surface area contributed by atoms with Gasteiger partial charge in [-0.25, -0.2) is 9.59 Å². The summed E-state index contributed by atoms with van der Waals surface area (Å²) in [5.41, 5.74) is -0.112. The first-order chi connectivity index (χ1) is 19.1. The third kappa shape index (κ3) is 3.06. The molecule has 6 amide bonds. The van der Waals surface area contributed by atoms with Crippen molar-refractivity contribution in [3.63, 3.8) is 0 Å². The minimum Gasteiger partial charge on any atom is -0.340 e. The molecule has 3 saturated heterocycles. The molecular formula is C29H30ClN5O4S. The van der Waals surface area contributed by atoms with E-state index >= 15 is 0 Å². The molecule has 1 aliphatic carbocycles. The third-order valence-corrected chi connectivity index (χ3v) is 11.2. The molecule has 0 radical (unpaired) electrons. The van der Waals surface area contributed by atoms with Crippen molar-refractivity contribution >= 4 is 58.6 Å². The van der Waals surface area contributed by atoms with Gasteiger partial charge in [-0.3, -0.25) is 19.4 Å². The molecular weight excluding hydrogens is 550 g/mol. The maximum Gasteiger partial charge on any atom is 0.327 e. The number of rotatable bonds is 4. The van der Waals surface area contributed by atoms with Gasteiger partial charge in [-0.15, -0.1) is 0 Å². The molecule has 2 aromatic carbocycles. The summed E-state index contributed by atoms with van der Waals surface area (Å²) in [4.78, 5) is 65.1. The predicted molar refractivity (Wildman–Crippen MR) is 151 cm³/mol. The molecule has 1 saturated carbocycles. The summed E-state index contributed by atoms with van der Waals surface area (Å²) in [5.74, 6) is -0.610. The normalized spacial score (nSPS) is 30.6. The average molecular weight is 580 g/mol. The summed E-state index contributed by atoms with van der Waals surface area (Å²) in [6, 6.07) is 12.3. The lowest BCUT2D eigenvalue weighted by Gasteiger charge is -2.72. The molecule has 2 aromatic rings. The van der Waals surface area contributed by atoms with E-state index in [-0.39, 0.29) is 37.0 Å². The molecule has 4 aliphatic heterocycles. The highest BCUT2D eigenvalue weighted by Crippen LogP contribution is 2.65. The molecule has 0 N–H and O–H groups in total. The molecule has 7 rings (SSSR count). The predicted octanol–water partition coefficient (Wildman–Crippen LogP) is 4.66. The molecule has 4 fully saturated rings. The Kier molecular flexibility index (Phi) is 5.55. The van der Waals surface area contributed by atoms with E-state index in [0.717, 1.165) is 21.2 Å². The number of fused-ring (bicyclic) bond motifs is 5. The zero-order valence-electron chi connectivity index (χ0n) is 22.6. The number of anilines is 2. The number of carbonyl (C=O) groups excluding carboxylic acids is 4. The van der Waals surface area contributed by atoms with Crippen molar-refractivity contribution in [1.82, 2.24) is 19.6 Å². The fourth-order valence-electron chi connectivity index (χ4n) is 7.70. The lowest BCUT2D eigenvalue weighted by molar-refractivity contribution is -0.226. The van der Waals surface area contributed by atoms with E-state index in [1.165, 1.54) is 9.80 Å². The second kappa shape index (κ2) is 8.63. The minimum atomic E-state index is -1.12. The largest absolute Gasteiger partial charge is 0.340 e. The first kappa shape index (κ1) is 25.7. The maximum absolute atomic E-state index is 13.9. The highest BCUT2D eigenvalue weighted by molar-refractivity contribution is 7.99. The molecule has 208 valence electrons. The van der Waals surface area contributed by atoms with Crippen LogP contribution in [-0.2, 0) is 9.59 Å². The van der Waals surface area contributed by atoms with Gasteiger partial charge in [0, 0.05) is 48.0 Å². The van der Waals surface area contributed by atoms with Gasteiger partial charge in [0.25, 0.3) is 0 Å². The van der Waals surface area contributed by atoms with E-state index < -0.39 is 22.9 Å². The van der Waals surface area contributed by atoms with Crippen molar-refractivity contribution in [3.05, 3.63) is 47.5 Å². The van der Waals surface area contributed by atoms with Crippen LogP contribution in [0.15, 0.2) is 52.3 Å². The highest BCUT2D eigenvalue weighted by atomic mass is 35.5. The summed E-state index contributed by atoms with van der Waals surface area (Å²) in [6.07, 6.45) is 0.977. The second-order valence-corrected chi connectivity index (χ2v) is 13.1. The second-order valence-electron chi connectivity index (χ2n) is 11.6. The van der Waals surface area contributed by atoms with Gasteiger partial charge in [0.15, 0.2) is 0 Å². The Morgan fingerprint density at radius 3 is 2.25 bits per heavy atom. The lowest BCUT2D eigenvalue weighted by atomic mass is 9.41. The standard InChI is InChI=1S/C29H30ClN5O4S/c1-28-22-23-29(28,2)25(37)35(15-7-14-34(24(28)36)26(38)31(22)3)27(39)33(23)13-6-12-32-18-8-4-5-9-20(18)40-21-11-10-17(30)16-19(21)32/h4-5,8-11,16,22-23H,6-7,12-15H2,1-3H3/t22?,23?,28-,29+/m0/s1. The molecule has 4 bridgehead atoms. The van der Waals surface area contributed by atoms with Gasteiger partial charge in [0.2, 0.25) is 11.8 Å². The maximum atomic E-state index is 13.9. The van der Waals surface area contributed by atoms with Crippen LogP contribution in [0.3, 0.4) is 0 Å². The number of carbonyl (C=O) groups is 4. The quantitative estimate of drug-likeness (QED) is 0.524. The number of halogens is 1. The van der Waals surface area contributed by atoms with Crippen molar-refractivity contribution in [1.29, 1.82) is 0 Å². The third-order valence-electron chi connectivity index (χ3n) is 9.83. The Morgan fingerprint density at radius 1 is 0.850 bits per heavy atom. The number of benzene rings is 2. The molecule has 40 heavy (non-hydrogen) atoms. The summed E-state index contributed by atoms with van der Waals surface area (Å²) in [5, 5.41) is 0.655. The van der Waals surface area contributed by atoms with Crippen LogP contribution in [0.25, 0.3) is 0 Å². The lowest BCUT2D eigenvalue weighted by Crippen LogP contribution is -2.90. The number of hydrogen-bond acceptors (Lipinski definition) is 6. The highest BCUT2D eigenvalue weighted by Gasteiger charge is 2.82. The van der Waals surface area contributed by atoms with Crippen LogP contribution in [0, 0.1) is 10.8 Å². The first-order valence-corrected chi connectivity index (χ1v) is 14.9. The van der Waals surface area contributed by atoms with Crippen molar-refractivity contribution in [2.45, 2.75) is 48.6 Å². The first-order valence-electron chi connectivity index (χ1n) is 13.7. The van der Waals surface area contributed by atoms with E-state index in [1.807, 2.05) is 37.3 Å². The summed E-state index contributed by atoms with van der Waals surface area (Å²) in [7, 11) is 1.69. The molecule has 2 unspecified atom stereocenters. The van der Waals surface area contributed by atoms with Gasteiger partial charge < -0.3 is 14.7 Å². The molecule has 0 aromatic heterocycles. The topological polar surface area (TPSA) is 84.5 Å². The van der Waals surface area contributed by atoms with E-state index in [1.54, 1.807) is 35.5 Å². The number of likely N-dealkylation sites (N-methyl/N-ethyl adjacent to an activating group) is 1. The van der Waals surface area contributed by atoms with E-state index in [0.29, 0.717) is 31.0 Å². The Hall–Kier alpha value is -3.24. The number of para-hydroxylation sites is 1. The summed E-state index contributed by atoms with van der Waals surface area (Å²) >= 11 is 8.10. The molecule has 11 heteroatoms. The average Bonchev–Trinajstić information content (AvgIpc) is 2.96. The van der Waals surface area contributed by atoms with Gasteiger partial charge in [0.1, 0.15) is 0 Å². The number of imide groups is 2. The number of hydrogen-bond donors (Lipinski definition) is 0. The fraction of sp³-hybridized carbons (Fsp3) is 0.448. The zero-order valence-corrected chi connectivity index (χ0v) is 24.2. The van der Waals surface area contributed by atoms with E-state index in [9.17, 15) is 19.2 Å². The van der Waals surface area contributed by atoms with Gasteiger partial charge in [-0.1, -0.05) is 35.5 Å². The van der Waals surface area contributed by atoms with Gasteiger partial charge in [-0.2, -0.15) is 0 Å². The fourth-order valence-corrected chi connectivity index (χ4v) is 8.95. The number of urea groups is 2. The molecule has 4 heterocycles. The van der Waals surface area contributed by atoms with E-state index in [4.69, 9.17) is 11.6 Å². The van der Waals surface area contributed by atoms with Crippen LogP contribution in [0.4, 0.5) is 21.0 Å². The van der Waals surface area contributed by atoms with Crippen LogP contribution < -0.4 is 4.90 Å². The molecule has 9 nitrogen and oxygen atoms in total. The SMILES string of the molecule is CN1C(=O)N2CCCN3C(=O)N(CCCN4c5ccccc5Sc5ccc(Cl)cc54)C4C1[C@@](C)(C2=O)[C@@]4(C)C3=O. The van der Waals surface area contributed by atoms with Gasteiger partial charge in [0.05, 0.1) is 34.3 Å². The van der Waals surface area contributed by atoms with E-state index in [2.05, 4.69) is 17.0 Å². The molecule has 4 atom stereocenters.